The summed E-state index contributed by atoms with van der Waals surface area (Å²) in [4.78, 5) is 18.8. The van der Waals surface area contributed by atoms with Crippen molar-refractivity contribution in [3.8, 4) is 6.07 Å². The van der Waals surface area contributed by atoms with Crippen molar-refractivity contribution < 1.29 is 19.1 Å². The van der Waals surface area contributed by atoms with Gasteiger partial charge in [0, 0.05) is 6.08 Å². The molecule has 0 bridgehead atoms. The van der Waals surface area contributed by atoms with E-state index >= 15 is 0 Å². The number of nitriles is 1. The number of aliphatic hydroxyl groups excluding tert-OH is 1. The van der Waals surface area contributed by atoms with Crippen molar-refractivity contribution in [2.45, 2.75) is 0 Å². The highest BCUT2D eigenvalue weighted by molar-refractivity contribution is 5.87. The van der Waals surface area contributed by atoms with Gasteiger partial charge in [0.2, 0.25) is 0 Å². The van der Waals surface area contributed by atoms with Gasteiger partial charge in [0.05, 0.1) is 17.3 Å². The Kier molecular flexibility index (Phi) is 4.62. The molecule has 7 heteroatoms. The molecule has 2 aromatic heterocycles. The standard InChI is InChI=1S/C18H13N3O4/c19-10-13(18-20-14-5-1-2-6-15(14)21-18)16(22)11-25-17(23)8-7-12-4-3-9-24-12/h1-9,22H,11H2,(H,20,21)/b8-7?,16-13-. The minimum absolute atomic E-state index is 0.0842. The summed E-state index contributed by atoms with van der Waals surface area (Å²) >= 11 is 0. The highest BCUT2D eigenvalue weighted by Gasteiger charge is 2.14. The van der Waals surface area contributed by atoms with Crippen molar-refractivity contribution in [1.29, 1.82) is 5.26 Å². The lowest BCUT2D eigenvalue weighted by molar-refractivity contribution is -0.137. The molecule has 2 heterocycles. The number of esters is 1. The number of H-pyrrole nitrogens is 1. The molecule has 3 rings (SSSR count). The molecule has 0 saturated heterocycles. The Morgan fingerprint density at radius 1 is 1.36 bits per heavy atom. The zero-order valence-electron chi connectivity index (χ0n) is 13.0. The van der Waals surface area contributed by atoms with Gasteiger partial charge in [-0.1, -0.05) is 12.1 Å². The Morgan fingerprint density at radius 2 is 2.20 bits per heavy atom. The summed E-state index contributed by atoms with van der Waals surface area (Å²) in [6, 6.07) is 12.5. The molecule has 1 aromatic carbocycles. The van der Waals surface area contributed by atoms with E-state index in [-0.39, 0.29) is 17.2 Å². The summed E-state index contributed by atoms with van der Waals surface area (Å²) in [5, 5.41) is 19.3. The molecule has 0 aliphatic carbocycles. The number of hydrogen-bond acceptors (Lipinski definition) is 6. The average Bonchev–Trinajstić information content (AvgIpc) is 3.28. The van der Waals surface area contributed by atoms with Crippen molar-refractivity contribution in [2.75, 3.05) is 6.61 Å². The molecule has 0 aliphatic heterocycles. The number of aliphatic hydroxyl groups is 1. The molecule has 0 unspecified atom stereocenters. The summed E-state index contributed by atoms with van der Waals surface area (Å²) in [5.41, 5.74) is 1.31. The van der Waals surface area contributed by atoms with Gasteiger partial charge in [0.25, 0.3) is 0 Å². The second-order valence-corrected chi connectivity index (χ2v) is 4.99. The quantitative estimate of drug-likeness (QED) is 0.320. The smallest absolute Gasteiger partial charge is 0.331 e. The molecule has 0 saturated carbocycles. The fourth-order valence-electron chi connectivity index (χ4n) is 2.12. The topological polar surface area (TPSA) is 112 Å². The van der Waals surface area contributed by atoms with Crippen molar-refractivity contribution >= 4 is 28.7 Å². The predicted octanol–water partition coefficient (Wildman–Crippen LogP) is 3.21. The molecule has 0 aliphatic rings. The second kappa shape index (κ2) is 7.19. The number of nitrogens with one attached hydrogen (secondary N) is 1. The van der Waals surface area contributed by atoms with E-state index < -0.39 is 12.6 Å². The van der Waals surface area contributed by atoms with Gasteiger partial charge in [-0.25, -0.2) is 9.78 Å². The third kappa shape index (κ3) is 3.76. The molecule has 0 atom stereocenters. The third-order valence-electron chi connectivity index (χ3n) is 3.30. The van der Waals surface area contributed by atoms with E-state index in [1.165, 1.54) is 18.4 Å². The van der Waals surface area contributed by atoms with Crippen molar-refractivity contribution in [1.82, 2.24) is 9.97 Å². The normalized spacial score (nSPS) is 12.1. The number of furan rings is 1. The summed E-state index contributed by atoms with van der Waals surface area (Å²) < 4.78 is 9.96. The van der Waals surface area contributed by atoms with Crippen LogP contribution in [0.1, 0.15) is 11.6 Å². The lowest BCUT2D eigenvalue weighted by atomic mass is 10.2. The van der Waals surface area contributed by atoms with Gasteiger partial charge in [-0.2, -0.15) is 5.26 Å². The largest absolute Gasteiger partial charge is 0.507 e. The van der Waals surface area contributed by atoms with E-state index in [0.717, 1.165) is 5.52 Å². The lowest BCUT2D eigenvalue weighted by Crippen LogP contribution is -2.06. The van der Waals surface area contributed by atoms with Gasteiger partial charge in [0.1, 0.15) is 24.0 Å². The molecule has 2 N–H and O–H groups in total. The van der Waals surface area contributed by atoms with E-state index in [1.54, 1.807) is 24.3 Å². The van der Waals surface area contributed by atoms with Crippen LogP contribution >= 0.6 is 0 Å². The van der Waals surface area contributed by atoms with Gasteiger partial charge >= 0.3 is 5.97 Å². The summed E-state index contributed by atoms with van der Waals surface area (Å²) in [6.45, 7) is -0.443. The van der Waals surface area contributed by atoms with E-state index in [2.05, 4.69) is 9.97 Å². The van der Waals surface area contributed by atoms with Crippen LogP contribution in [0.4, 0.5) is 0 Å². The van der Waals surface area contributed by atoms with Crippen molar-refractivity contribution in [2.24, 2.45) is 0 Å². The number of fused-ring (bicyclic) bond motifs is 1. The number of carbonyl (C=O) groups excluding carboxylic acids is 1. The first-order valence-corrected chi connectivity index (χ1v) is 7.33. The number of ether oxygens (including phenoxy) is 1. The summed E-state index contributed by atoms with van der Waals surface area (Å²) in [7, 11) is 0. The van der Waals surface area contributed by atoms with E-state index in [1.807, 2.05) is 18.2 Å². The number of imidazole rings is 1. The van der Waals surface area contributed by atoms with E-state index in [0.29, 0.717) is 11.3 Å². The lowest BCUT2D eigenvalue weighted by Gasteiger charge is -2.03. The maximum atomic E-state index is 11.6. The number of rotatable bonds is 5. The van der Waals surface area contributed by atoms with Crippen LogP contribution in [0.2, 0.25) is 0 Å². The zero-order chi connectivity index (χ0) is 17.6. The van der Waals surface area contributed by atoms with Crippen LogP contribution in [0.15, 0.2) is 58.9 Å². The molecular formula is C18H13N3O4. The van der Waals surface area contributed by atoms with Crippen LogP contribution in [-0.2, 0) is 9.53 Å². The van der Waals surface area contributed by atoms with Gasteiger partial charge in [0.15, 0.2) is 11.6 Å². The molecule has 0 fully saturated rings. The zero-order valence-corrected chi connectivity index (χ0v) is 13.0. The highest BCUT2D eigenvalue weighted by Crippen LogP contribution is 2.18. The predicted molar refractivity (Wildman–Crippen MR) is 90.0 cm³/mol. The number of allylic oxidation sites excluding steroid dienone is 1. The Balaban J connectivity index is 1.71. The van der Waals surface area contributed by atoms with Crippen LogP contribution in [-0.4, -0.2) is 27.7 Å². The minimum atomic E-state index is -0.676. The van der Waals surface area contributed by atoms with Crippen LogP contribution < -0.4 is 0 Å². The van der Waals surface area contributed by atoms with Gasteiger partial charge < -0.3 is 19.2 Å². The first kappa shape index (κ1) is 16.1. The first-order valence-electron chi connectivity index (χ1n) is 7.33. The van der Waals surface area contributed by atoms with Crippen LogP contribution in [0.5, 0.6) is 0 Å². The fraction of sp³-hybridized carbons (Fsp3) is 0.0556. The minimum Gasteiger partial charge on any atom is -0.507 e. The third-order valence-corrected chi connectivity index (χ3v) is 3.30. The number of para-hydroxylation sites is 2. The van der Waals surface area contributed by atoms with Crippen molar-refractivity contribution in [3.63, 3.8) is 0 Å². The Morgan fingerprint density at radius 3 is 2.92 bits per heavy atom. The molecule has 0 amide bonds. The van der Waals surface area contributed by atoms with Gasteiger partial charge in [-0.05, 0) is 30.3 Å². The summed E-state index contributed by atoms with van der Waals surface area (Å²) in [6.07, 6.45) is 4.08. The molecule has 3 aromatic rings. The molecular weight excluding hydrogens is 322 g/mol. The Labute approximate surface area is 142 Å². The van der Waals surface area contributed by atoms with Crippen LogP contribution in [0.25, 0.3) is 22.7 Å². The van der Waals surface area contributed by atoms with Crippen LogP contribution in [0.3, 0.4) is 0 Å². The maximum Gasteiger partial charge on any atom is 0.331 e. The average molecular weight is 335 g/mol. The second-order valence-electron chi connectivity index (χ2n) is 4.99. The molecule has 0 spiro atoms. The molecule has 124 valence electrons. The van der Waals surface area contributed by atoms with E-state index in [4.69, 9.17) is 9.15 Å². The van der Waals surface area contributed by atoms with Crippen molar-refractivity contribution in [3.05, 3.63) is 66.1 Å². The molecule has 7 nitrogen and oxygen atoms in total. The highest BCUT2D eigenvalue weighted by atomic mass is 16.5. The number of benzene rings is 1. The monoisotopic (exact) mass is 335 g/mol. The van der Waals surface area contributed by atoms with Gasteiger partial charge in [-0.15, -0.1) is 0 Å². The van der Waals surface area contributed by atoms with Crippen LogP contribution in [0, 0.1) is 11.3 Å². The van der Waals surface area contributed by atoms with E-state index in [9.17, 15) is 15.2 Å². The van der Waals surface area contributed by atoms with Gasteiger partial charge in [-0.3, -0.25) is 0 Å². The fourth-order valence-corrected chi connectivity index (χ4v) is 2.12. The number of hydrogen-bond donors (Lipinski definition) is 2. The first-order chi connectivity index (χ1) is 12.2. The summed E-state index contributed by atoms with van der Waals surface area (Å²) in [5.74, 6) is -0.355. The number of aromatic nitrogens is 2. The SMILES string of the molecule is N#C/C(=C(/O)COC(=O)C=Cc1ccco1)c1nc2ccccc2[nH]1. The molecule has 0 radical (unpaired) electrons. The Bertz CT molecular complexity index is 958. The number of nitrogens with zero attached hydrogens (tertiary/aromatic N) is 2. The molecule has 25 heavy (non-hydrogen) atoms. The number of carbonyl (C=O) groups is 1. The number of aromatic amines is 1. The maximum absolute atomic E-state index is 11.6. The Hall–Kier alpha value is -3.79.